The number of nitrogens with two attached hydrogens (primary N) is 1. The third kappa shape index (κ3) is 2.80. The molecule has 0 radical (unpaired) electrons. The van der Waals surface area contributed by atoms with E-state index in [0.29, 0.717) is 12.1 Å². The summed E-state index contributed by atoms with van der Waals surface area (Å²) in [5.74, 6) is 0. The van der Waals surface area contributed by atoms with Crippen LogP contribution in [-0.4, -0.2) is 18.6 Å². The molecule has 1 saturated carbocycles. The minimum Gasteiger partial charge on any atom is -0.326 e. The normalized spacial score (nSPS) is 23.0. The van der Waals surface area contributed by atoms with Crippen LogP contribution in [-0.2, 0) is 6.42 Å². The van der Waals surface area contributed by atoms with Crippen molar-refractivity contribution in [2.75, 3.05) is 6.54 Å². The second kappa shape index (κ2) is 5.72. The van der Waals surface area contributed by atoms with Crippen LogP contribution in [0.2, 0.25) is 0 Å². The van der Waals surface area contributed by atoms with Crippen LogP contribution >= 0.6 is 0 Å². The predicted octanol–water partition coefficient (Wildman–Crippen LogP) is 2.85. The molecular weight excluding hydrogens is 232 g/mol. The molecule has 0 heterocycles. The zero-order valence-electron chi connectivity index (χ0n) is 11.3. The van der Waals surface area contributed by atoms with Crippen molar-refractivity contribution in [1.29, 1.82) is 0 Å². The lowest BCUT2D eigenvalue weighted by Crippen LogP contribution is -2.41. The molecule has 0 aliphatic heterocycles. The van der Waals surface area contributed by atoms with E-state index in [1.807, 2.05) is 0 Å². The Morgan fingerprint density at radius 2 is 1.89 bits per heavy atom. The lowest BCUT2D eigenvalue weighted by Gasteiger charge is -2.17. The molecule has 1 aliphatic carbocycles. The van der Waals surface area contributed by atoms with Crippen LogP contribution in [0.15, 0.2) is 42.5 Å². The first kappa shape index (κ1) is 12.6. The molecule has 0 saturated heterocycles. The highest BCUT2D eigenvalue weighted by Gasteiger charge is 2.22. The zero-order valence-corrected chi connectivity index (χ0v) is 11.3. The third-order valence-corrected chi connectivity index (χ3v) is 4.25. The largest absolute Gasteiger partial charge is 0.326 e. The number of hydrogen-bond donors (Lipinski definition) is 2. The molecule has 3 rings (SSSR count). The number of nitrogens with one attached hydrogen (secondary N) is 1. The first-order valence-corrected chi connectivity index (χ1v) is 7.30. The fourth-order valence-electron chi connectivity index (χ4n) is 3.14. The van der Waals surface area contributed by atoms with Crippen molar-refractivity contribution < 1.29 is 0 Å². The summed E-state index contributed by atoms with van der Waals surface area (Å²) < 4.78 is 0. The van der Waals surface area contributed by atoms with Gasteiger partial charge in [-0.3, -0.25) is 0 Å². The molecule has 2 aromatic carbocycles. The smallest absolute Gasteiger partial charge is 0.0219 e. The summed E-state index contributed by atoms with van der Waals surface area (Å²) in [5, 5.41) is 6.33. The molecule has 2 heteroatoms. The topological polar surface area (TPSA) is 38.0 Å². The second-order valence-electron chi connectivity index (χ2n) is 5.54. The number of rotatable bonds is 4. The lowest BCUT2D eigenvalue weighted by molar-refractivity contribution is 0.479. The Labute approximate surface area is 115 Å². The van der Waals surface area contributed by atoms with E-state index in [2.05, 4.69) is 47.8 Å². The van der Waals surface area contributed by atoms with E-state index < -0.39 is 0 Å². The zero-order chi connectivity index (χ0) is 13.1. The van der Waals surface area contributed by atoms with Gasteiger partial charge in [-0.05, 0) is 42.1 Å². The van der Waals surface area contributed by atoms with E-state index in [4.69, 9.17) is 5.73 Å². The van der Waals surface area contributed by atoms with Crippen molar-refractivity contribution in [2.24, 2.45) is 5.73 Å². The van der Waals surface area contributed by atoms with E-state index >= 15 is 0 Å². The van der Waals surface area contributed by atoms with Crippen LogP contribution in [0.1, 0.15) is 24.8 Å². The van der Waals surface area contributed by atoms with Crippen molar-refractivity contribution in [2.45, 2.75) is 37.8 Å². The minimum atomic E-state index is 0.354. The SMILES string of the molecule is NC1CCCC1NCCc1cccc2ccccc12. The molecule has 0 amide bonds. The minimum absolute atomic E-state index is 0.354. The molecule has 0 aromatic heterocycles. The van der Waals surface area contributed by atoms with Gasteiger partial charge in [0.1, 0.15) is 0 Å². The number of benzene rings is 2. The summed E-state index contributed by atoms with van der Waals surface area (Å²) in [6, 6.07) is 16.1. The van der Waals surface area contributed by atoms with Crippen molar-refractivity contribution in [3.8, 4) is 0 Å². The monoisotopic (exact) mass is 254 g/mol. The first-order valence-electron chi connectivity index (χ1n) is 7.30. The molecule has 3 N–H and O–H groups in total. The molecule has 2 nitrogen and oxygen atoms in total. The highest BCUT2D eigenvalue weighted by Crippen LogP contribution is 2.20. The van der Waals surface area contributed by atoms with Gasteiger partial charge in [0.25, 0.3) is 0 Å². The number of hydrogen-bond acceptors (Lipinski definition) is 2. The summed E-state index contributed by atoms with van der Waals surface area (Å²) >= 11 is 0. The van der Waals surface area contributed by atoms with Gasteiger partial charge in [0.15, 0.2) is 0 Å². The molecule has 19 heavy (non-hydrogen) atoms. The fourth-order valence-corrected chi connectivity index (χ4v) is 3.14. The van der Waals surface area contributed by atoms with Gasteiger partial charge in [-0.1, -0.05) is 48.9 Å². The Morgan fingerprint density at radius 1 is 1.05 bits per heavy atom. The van der Waals surface area contributed by atoms with Gasteiger partial charge in [0.2, 0.25) is 0 Å². The van der Waals surface area contributed by atoms with Crippen LogP contribution in [0.4, 0.5) is 0 Å². The van der Waals surface area contributed by atoms with E-state index in [0.717, 1.165) is 13.0 Å². The predicted molar refractivity (Wildman–Crippen MR) is 81.3 cm³/mol. The van der Waals surface area contributed by atoms with Gasteiger partial charge in [-0.2, -0.15) is 0 Å². The molecular formula is C17H22N2. The Hall–Kier alpha value is -1.38. The average molecular weight is 254 g/mol. The van der Waals surface area contributed by atoms with Crippen LogP contribution in [0.25, 0.3) is 10.8 Å². The molecule has 2 aromatic rings. The molecule has 0 spiro atoms. The van der Waals surface area contributed by atoms with Gasteiger partial charge in [0, 0.05) is 12.1 Å². The van der Waals surface area contributed by atoms with E-state index in [1.54, 1.807) is 0 Å². The van der Waals surface area contributed by atoms with Gasteiger partial charge in [0.05, 0.1) is 0 Å². The molecule has 100 valence electrons. The van der Waals surface area contributed by atoms with Gasteiger partial charge in [-0.25, -0.2) is 0 Å². The summed E-state index contributed by atoms with van der Waals surface area (Å²) in [7, 11) is 0. The Kier molecular flexibility index (Phi) is 3.81. The molecule has 1 aliphatic rings. The maximum atomic E-state index is 6.09. The highest BCUT2D eigenvalue weighted by molar-refractivity contribution is 5.85. The second-order valence-corrected chi connectivity index (χ2v) is 5.54. The molecule has 2 unspecified atom stereocenters. The Morgan fingerprint density at radius 3 is 2.74 bits per heavy atom. The van der Waals surface area contributed by atoms with Crippen LogP contribution in [0.5, 0.6) is 0 Å². The van der Waals surface area contributed by atoms with Crippen molar-refractivity contribution in [1.82, 2.24) is 5.32 Å². The average Bonchev–Trinajstić information content (AvgIpc) is 2.85. The van der Waals surface area contributed by atoms with Crippen molar-refractivity contribution in [3.05, 3.63) is 48.0 Å². The number of fused-ring (bicyclic) bond motifs is 1. The van der Waals surface area contributed by atoms with Crippen molar-refractivity contribution in [3.63, 3.8) is 0 Å². The maximum absolute atomic E-state index is 6.09. The quantitative estimate of drug-likeness (QED) is 0.880. The standard InChI is InChI=1S/C17H22N2/c18-16-9-4-10-17(16)19-12-11-14-7-3-6-13-5-1-2-8-15(13)14/h1-3,5-8,16-17,19H,4,9-12,18H2. The third-order valence-electron chi connectivity index (χ3n) is 4.25. The van der Waals surface area contributed by atoms with Crippen LogP contribution in [0, 0.1) is 0 Å². The van der Waals surface area contributed by atoms with Gasteiger partial charge in [-0.15, -0.1) is 0 Å². The van der Waals surface area contributed by atoms with E-state index in [9.17, 15) is 0 Å². The Bertz CT molecular complexity index is 544. The van der Waals surface area contributed by atoms with Gasteiger partial charge >= 0.3 is 0 Å². The molecule has 2 atom stereocenters. The summed E-state index contributed by atoms with van der Waals surface area (Å²) in [6.45, 7) is 1.02. The van der Waals surface area contributed by atoms with E-state index in [1.165, 1.54) is 35.6 Å². The highest BCUT2D eigenvalue weighted by atomic mass is 15.0. The molecule has 1 fully saturated rings. The molecule has 0 bridgehead atoms. The lowest BCUT2D eigenvalue weighted by atomic mass is 10.0. The first-order chi connectivity index (χ1) is 9.34. The van der Waals surface area contributed by atoms with Crippen LogP contribution < -0.4 is 11.1 Å². The maximum Gasteiger partial charge on any atom is 0.0219 e. The van der Waals surface area contributed by atoms with Crippen LogP contribution in [0.3, 0.4) is 0 Å². The van der Waals surface area contributed by atoms with Crippen molar-refractivity contribution >= 4 is 10.8 Å². The summed E-state index contributed by atoms with van der Waals surface area (Å²) in [4.78, 5) is 0. The summed E-state index contributed by atoms with van der Waals surface area (Å²) in [5.41, 5.74) is 7.51. The van der Waals surface area contributed by atoms with Gasteiger partial charge < -0.3 is 11.1 Å². The van der Waals surface area contributed by atoms with E-state index in [-0.39, 0.29) is 0 Å². The fraction of sp³-hybridized carbons (Fsp3) is 0.412. The summed E-state index contributed by atoms with van der Waals surface area (Å²) in [6.07, 6.45) is 4.75. The Balaban J connectivity index is 1.65.